The van der Waals surface area contributed by atoms with E-state index < -0.39 is 28.9 Å². The van der Waals surface area contributed by atoms with Crippen LogP contribution in [0.3, 0.4) is 0 Å². The van der Waals surface area contributed by atoms with Crippen LogP contribution in [0.4, 0.5) is 4.79 Å². The quantitative estimate of drug-likeness (QED) is 0.466. The first-order valence-corrected chi connectivity index (χ1v) is 6.81. The minimum Gasteiger partial charge on any atom is -0.479 e. The van der Waals surface area contributed by atoms with Gasteiger partial charge in [0.05, 0.1) is 0 Å². The van der Waals surface area contributed by atoms with Crippen molar-refractivity contribution in [1.82, 2.24) is 10.6 Å². The molecule has 2 amide bonds. The van der Waals surface area contributed by atoms with E-state index in [1.165, 1.54) is 0 Å². The van der Waals surface area contributed by atoms with E-state index in [0.717, 1.165) is 0 Å². The monoisotopic (exact) mass is 266 g/mol. The van der Waals surface area contributed by atoms with Gasteiger partial charge in [-0.05, 0) is 6.92 Å². The zero-order chi connectivity index (χ0) is 13.4. The number of carbonyl (C=O) groups excluding carboxylic acids is 1. The van der Waals surface area contributed by atoms with Crippen LogP contribution in [0.2, 0.25) is 0 Å². The van der Waals surface area contributed by atoms with Gasteiger partial charge in [-0.15, -0.1) is 0 Å². The van der Waals surface area contributed by atoms with Crippen LogP contribution in [0.25, 0.3) is 0 Å². The maximum atomic E-state index is 11.2. The molecule has 0 fully saturated rings. The molecule has 100 valence electrons. The van der Waals surface area contributed by atoms with Crippen molar-refractivity contribution in [3.05, 3.63) is 0 Å². The second kappa shape index (κ2) is 8.02. The second-order valence-corrected chi connectivity index (χ2v) is 5.16. The third-order valence-corrected chi connectivity index (χ3v) is 2.82. The minimum absolute atomic E-state index is 0.0568. The highest BCUT2D eigenvalue weighted by Crippen LogP contribution is 1.90. The summed E-state index contributed by atoms with van der Waals surface area (Å²) in [5, 5.41) is 22.3. The summed E-state index contributed by atoms with van der Waals surface area (Å²) in [5.74, 6) is -0.965. The number of aliphatic carboxylic acids is 1. The SMILES string of the molecule is CC(CS(C)=O)NC(=O)NCCC(O)C(=O)O. The van der Waals surface area contributed by atoms with E-state index >= 15 is 0 Å². The van der Waals surface area contributed by atoms with Gasteiger partial charge in [0.25, 0.3) is 0 Å². The molecule has 8 heteroatoms. The molecule has 3 atom stereocenters. The molecule has 17 heavy (non-hydrogen) atoms. The summed E-state index contributed by atoms with van der Waals surface area (Å²) in [4.78, 5) is 21.5. The summed E-state index contributed by atoms with van der Waals surface area (Å²) in [6.45, 7) is 1.77. The van der Waals surface area contributed by atoms with E-state index in [1.807, 2.05) is 0 Å². The van der Waals surface area contributed by atoms with Crippen molar-refractivity contribution < 1.29 is 24.0 Å². The largest absolute Gasteiger partial charge is 0.479 e. The molecule has 4 N–H and O–H groups in total. The molecule has 0 aliphatic heterocycles. The summed E-state index contributed by atoms with van der Waals surface area (Å²) in [7, 11) is -0.992. The van der Waals surface area contributed by atoms with E-state index in [9.17, 15) is 13.8 Å². The highest BCUT2D eigenvalue weighted by molar-refractivity contribution is 7.84. The molecular formula is C9H18N2O5S. The van der Waals surface area contributed by atoms with Gasteiger partial charge in [-0.3, -0.25) is 4.21 Å². The molecule has 0 aliphatic carbocycles. The molecule has 0 heterocycles. The summed E-state index contributed by atoms with van der Waals surface area (Å²) >= 11 is 0. The zero-order valence-electron chi connectivity index (χ0n) is 9.80. The number of carboxylic acids is 1. The van der Waals surface area contributed by atoms with Crippen LogP contribution in [-0.2, 0) is 15.6 Å². The third kappa shape index (κ3) is 8.64. The number of hydrogen-bond donors (Lipinski definition) is 4. The summed E-state index contributed by atoms with van der Waals surface area (Å²) in [6, 6.07) is -0.703. The molecule has 0 aromatic rings. The van der Waals surface area contributed by atoms with Gasteiger partial charge in [-0.2, -0.15) is 0 Å². The van der Waals surface area contributed by atoms with Crippen molar-refractivity contribution in [1.29, 1.82) is 0 Å². The van der Waals surface area contributed by atoms with E-state index in [2.05, 4.69) is 10.6 Å². The highest BCUT2D eigenvalue weighted by Gasteiger charge is 2.13. The number of aliphatic hydroxyl groups excluding tert-OH is 1. The molecule has 0 rings (SSSR count). The lowest BCUT2D eigenvalue weighted by Gasteiger charge is -2.13. The van der Waals surface area contributed by atoms with Gasteiger partial charge < -0.3 is 20.8 Å². The van der Waals surface area contributed by atoms with Crippen molar-refractivity contribution in [3.8, 4) is 0 Å². The van der Waals surface area contributed by atoms with E-state index in [-0.39, 0.29) is 19.0 Å². The van der Waals surface area contributed by atoms with Gasteiger partial charge in [0.1, 0.15) is 0 Å². The van der Waals surface area contributed by atoms with Crippen LogP contribution in [0.15, 0.2) is 0 Å². The predicted octanol–water partition coefficient (Wildman–Crippen LogP) is -1.11. The summed E-state index contributed by atoms with van der Waals surface area (Å²) < 4.78 is 10.9. The fourth-order valence-corrected chi connectivity index (χ4v) is 1.90. The Morgan fingerprint density at radius 2 is 2.00 bits per heavy atom. The molecule has 0 aromatic heterocycles. The van der Waals surface area contributed by atoms with Crippen molar-refractivity contribution in [2.24, 2.45) is 0 Å². The average Bonchev–Trinajstić information content (AvgIpc) is 2.15. The minimum atomic E-state index is -1.48. The third-order valence-electron chi connectivity index (χ3n) is 1.85. The number of carboxylic acid groups (broad SMARTS) is 1. The average molecular weight is 266 g/mol. The van der Waals surface area contributed by atoms with Gasteiger partial charge in [0.2, 0.25) is 0 Å². The van der Waals surface area contributed by atoms with Gasteiger partial charge in [0.15, 0.2) is 6.10 Å². The zero-order valence-corrected chi connectivity index (χ0v) is 10.6. The molecule has 3 unspecified atom stereocenters. The molecule has 0 aromatic carbocycles. The lowest BCUT2D eigenvalue weighted by Crippen LogP contribution is -2.43. The predicted molar refractivity (Wildman–Crippen MR) is 63.2 cm³/mol. The van der Waals surface area contributed by atoms with Crippen molar-refractivity contribution in [2.75, 3.05) is 18.6 Å². The molecule has 7 nitrogen and oxygen atoms in total. The maximum Gasteiger partial charge on any atom is 0.332 e. The topological polar surface area (TPSA) is 116 Å². The molecular weight excluding hydrogens is 248 g/mol. The number of hydrogen-bond acceptors (Lipinski definition) is 4. The number of nitrogens with one attached hydrogen (secondary N) is 2. The molecule has 0 saturated carbocycles. The highest BCUT2D eigenvalue weighted by atomic mass is 32.2. The summed E-state index contributed by atoms with van der Waals surface area (Å²) in [6.07, 6.45) is 0.00624. The van der Waals surface area contributed by atoms with Gasteiger partial charge in [0, 0.05) is 41.8 Å². The number of carbonyl (C=O) groups is 2. The number of rotatable bonds is 7. The van der Waals surface area contributed by atoms with Crippen LogP contribution in [0.5, 0.6) is 0 Å². The van der Waals surface area contributed by atoms with Gasteiger partial charge >= 0.3 is 12.0 Å². The Bertz CT molecular complexity index is 297. The van der Waals surface area contributed by atoms with Gasteiger partial charge in [-0.1, -0.05) is 0 Å². The first-order valence-electron chi connectivity index (χ1n) is 5.08. The second-order valence-electron chi connectivity index (χ2n) is 3.68. The first kappa shape index (κ1) is 15.9. The summed E-state index contributed by atoms with van der Waals surface area (Å²) in [5.41, 5.74) is 0. The fourth-order valence-electron chi connectivity index (χ4n) is 1.11. The lowest BCUT2D eigenvalue weighted by atomic mass is 10.2. The molecule has 0 saturated heterocycles. The normalized spacial score (nSPS) is 15.7. The van der Waals surface area contributed by atoms with E-state index in [0.29, 0.717) is 5.75 Å². The molecule has 0 aliphatic rings. The standard InChI is InChI=1S/C9H18N2O5S/c1-6(5-17(2)16)11-9(15)10-4-3-7(12)8(13)14/h6-7,12H,3-5H2,1-2H3,(H,13,14)(H2,10,11,15). The molecule has 0 bridgehead atoms. The van der Waals surface area contributed by atoms with Crippen molar-refractivity contribution in [2.45, 2.75) is 25.5 Å². The van der Waals surface area contributed by atoms with Crippen LogP contribution in [0.1, 0.15) is 13.3 Å². The Labute approximate surface area is 102 Å². The molecule has 0 radical (unpaired) electrons. The van der Waals surface area contributed by atoms with Crippen LogP contribution in [0, 0.1) is 0 Å². The van der Waals surface area contributed by atoms with Gasteiger partial charge in [-0.25, -0.2) is 9.59 Å². The smallest absolute Gasteiger partial charge is 0.332 e. The lowest BCUT2D eigenvalue weighted by molar-refractivity contribution is -0.146. The number of urea groups is 1. The fraction of sp³-hybridized carbons (Fsp3) is 0.778. The van der Waals surface area contributed by atoms with Crippen molar-refractivity contribution >= 4 is 22.8 Å². The maximum absolute atomic E-state index is 11.2. The van der Waals surface area contributed by atoms with Crippen LogP contribution >= 0.6 is 0 Å². The Balaban J connectivity index is 3.73. The molecule has 0 spiro atoms. The Kier molecular flexibility index (Phi) is 7.47. The van der Waals surface area contributed by atoms with Crippen molar-refractivity contribution in [3.63, 3.8) is 0 Å². The number of aliphatic hydroxyl groups is 1. The first-order chi connectivity index (χ1) is 7.82. The number of amides is 2. The Hall–Kier alpha value is -1.15. The van der Waals surface area contributed by atoms with Crippen LogP contribution < -0.4 is 10.6 Å². The van der Waals surface area contributed by atoms with Crippen LogP contribution in [-0.4, -0.2) is 57.1 Å². The van der Waals surface area contributed by atoms with E-state index in [4.69, 9.17) is 10.2 Å². The Morgan fingerprint density at radius 1 is 1.41 bits per heavy atom. The Morgan fingerprint density at radius 3 is 2.47 bits per heavy atom. The van der Waals surface area contributed by atoms with E-state index in [1.54, 1.807) is 13.2 Å².